The maximum absolute atomic E-state index is 5.42. The summed E-state index contributed by atoms with van der Waals surface area (Å²) in [6, 6.07) is 54.5. The summed E-state index contributed by atoms with van der Waals surface area (Å²) in [5, 5.41) is 6.16. The molecule has 0 atom stereocenters. The topological polar surface area (TPSA) is 29.0 Å². The fraction of sp³-hybridized carbons (Fsp3) is 0.0667. The van der Waals surface area contributed by atoms with Gasteiger partial charge in [-0.05, 0) is 81.6 Å². The molecular weight excluding hydrogens is 615 g/mol. The van der Waals surface area contributed by atoms with Crippen molar-refractivity contribution in [3.8, 4) is 22.4 Å². The maximum atomic E-state index is 5.42. The van der Waals surface area contributed by atoms with Crippen LogP contribution in [0.4, 0.5) is 17.3 Å². The van der Waals surface area contributed by atoms with Crippen molar-refractivity contribution >= 4 is 70.5 Å². The van der Waals surface area contributed by atoms with Gasteiger partial charge in [0.15, 0.2) is 0 Å². The Morgan fingerprint density at radius 3 is 2.10 bits per heavy atom. The van der Waals surface area contributed by atoms with Gasteiger partial charge in [-0.3, -0.25) is 4.90 Å². The Labute approximate surface area is 288 Å². The molecule has 9 aromatic rings. The van der Waals surface area contributed by atoms with Crippen molar-refractivity contribution in [2.24, 2.45) is 0 Å². The molecule has 10 rings (SSSR count). The number of rotatable bonds is 4. The van der Waals surface area contributed by atoms with Crippen LogP contribution in [0, 0.1) is 0 Å². The number of para-hydroxylation sites is 2. The molecule has 0 amide bonds. The van der Waals surface area contributed by atoms with E-state index < -0.39 is 0 Å². The molecule has 0 spiro atoms. The lowest BCUT2D eigenvalue weighted by atomic mass is 9.82. The highest BCUT2D eigenvalue weighted by molar-refractivity contribution is 7.25. The zero-order valence-electron chi connectivity index (χ0n) is 27.2. The maximum Gasteiger partial charge on any atom is 0.235 e. The number of thiophene rings is 1. The number of nitrogens with zero attached hydrogens (tertiary/aromatic N) is 3. The molecule has 2 aromatic heterocycles. The van der Waals surface area contributed by atoms with Gasteiger partial charge in [-0.25, -0.2) is 9.97 Å². The van der Waals surface area contributed by atoms with Crippen LogP contribution in [0.5, 0.6) is 0 Å². The highest BCUT2D eigenvalue weighted by Crippen LogP contribution is 2.50. The molecule has 0 fully saturated rings. The number of benzene rings is 7. The van der Waals surface area contributed by atoms with Crippen molar-refractivity contribution in [2.75, 3.05) is 4.90 Å². The molecule has 1 aliphatic carbocycles. The monoisotopic (exact) mass is 645 g/mol. The molecule has 2 heterocycles. The van der Waals surface area contributed by atoms with E-state index >= 15 is 0 Å². The van der Waals surface area contributed by atoms with E-state index in [1.807, 2.05) is 11.3 Å². The van der Waals surface area contributed by atoms with E-state index in [1.54, 1.807) is 0 Å². The van der Waals surface area contributed by atoms with Gasteiger partial charge in [0.25, 0.3) is 0 Å². The van der Waals surface area contributed by atoms with Gasteiger partial charge in [-0.1, -0.05) is 117 Å². The third kappa shape index (κ3) is 4.34. The summed E-state index contributed by atoms with van der Waals surface area (Å²) in [5.74, 6) is 0.649. The Bertz CT molecular complexity index is 2760. The van der Waals surface area contributed by atoms with Crippen molar-refractivity contribution in [1.29, 1.82) is 0 Å². The molecular formula is C45H31N3S. The van der Waals surface area contributed by atoms with Crippen molar-refractivity contribution in [3.05, 3.63) is 163 Å². The number of anilines is 3. The normalized spacial score (nSPS) is 13.3. The minimum Gasteiger partial charge on any atom is -0.279 e. The Kier molecular flexibility index (Phi) is 6.09. The number of fused-ring (bicyclic) bond motifs is 8. The third-order valence-corrected chi connectivity index (χ3v) is 11.4. The predicted octanol–water partition coefficient (Wildman–Crippen LogP) is 12.6. The molecule has 0 saturated carbocycles. The van der Waals surface area contributed by atoms with Gasteiger partial charge in [-0.15, -0.1) is 11.3 Å². The van der Waals surface area contributed by atoms with Crippen LogP contribution in [-0.4, -0.2) is 9.97 Å². The summed E-state index contributed by atoms with van der Waals surface area (Å²) >= 11 is 1.85. The first kappa shape index (κ1) is 28.2. The van der Waals surface area contributed by atoms with Crippen LogP contribution in [0.25, 0.3) is 64.2 Å². The highest BCUT2D eigenvalue weighted by Gasteiger charge is 2.36. The minimum atomic E-state index is -0.120. The first-order valence-electron chi connectivity index (χ1n) is 16.7. The summed E-state index contributed by atoms with van der Waals surface area (Å²) < 4.78 is 2.56. The van der Waals surface area contributed by atoms with Crippen LogP contribution in [0.3, 0.4) is 0 Å². The predicted molar refractivity (Wildman–Crippen MR) is 208 cm³/mol. The Morgan fingerprint density at radius 2 is 1.22 bits per heavy atom. The zero-order valence-corrected chi connectivity index (χ0v) is 28.0. The molecule has 0 N–H and O–H groups in total. The van der Waals surface area contributed by atoms with Crippen molar-refractivity contribution in [1.82, 2.24) is 9.97 Å². The van der Waals surface area contributed by atoms with E-state index in [-0.39, 0.29) is 5.41 Å². The Morgan fingerprint density at radius 1 is 0.510 bits per heavy atom. The summed E-state index contributed by atoms with van der Waals surface area (Å²) in [5.41, 5.74) is 10.2. The van der Waals surface area contributed by atoms with Gasteiger partial charge in [0.2, 0.25) is 5.95 Å². The lowest BCUT2D eigenvalue weighted by Crippen LogP contribution is -2.17. The minimum absolute atomic E-state index is 0.120. The molecule has 4 heteroatoms. The average Bonchev–Trinajstić information content (AvgIpc) is 3.61. The molecule has 49 heavy (non-hydrogen) atoms. The molecule has 0 aliphatic heterocycles. The van der Waals surface area contributed by atoms with E-state index in [9.17, 15) is 0 Å². The average molecular weight is 646 g/mol. The summed E-state index contributed by atoms with van der Waals surface area (Å²) in [7, 11) is 0. The van der Waals surface area contributed by atoms with Crippen molar-refractivity contribution < 1.29 is 0 Å². The Hall–Kier alpha value is -5.84. The van der Waals surface area contributed by atoms with E-state index in [4.69, 9.17) is 9.97 Å². The Balaban J connectivity index is 1.17. The quantitative estimate of drug-likeness (QED) is 0.191. The molecule has 0 saturated heterocycles. The molecule has 0 bridgehead atoms. The zero-order chi connectivity index (χ0) is 32.7. The fourth-order valence-corrected chi connectivity index (χ4v) is 8.96. The van der Waals surface area contributed by atoms with Gasteiger partial charge < -0.3 is 0 Å². The third-order valence-electron chi connectivity index (χ3n) is 10.2. The van der Waals surface area contributed by atoms with Gasteiger partial charge in [-0.2, -0.15) is 0 Å². The summed E-state index contributed by atoms with van der Waals surface area (Å²) in [6.07, 6.45) is 0. The second-order valence-electron chi connectivity index (χ2n) is 13.5. The molecule has 0 radical (unpaired) electrons. The molecule has 0 unspecified atom stereocenters. The van der Waals surface area contributed by atoms with E-state index in [0.717, 1.165) is 33.5 Å². The first-order chi connectivity index (χ1) is 24.0. The fourth-order valence-electron chi connectivity index (χ4n) is 7.78. The molecule has 232 valence electrons. The van der Waals surface area contributed by atoms with E-state index in [0.29, 0.717) is 5.95 Å². The number of hydrogen-bond acceptors (Lipinski definition) is 4. The van der Waals surface area contributed by atoms with Crippen molar-refractivity contribution in [3.63, 3.8) is 0 Å². The van der Waals surface area contributed by atoms with E-state index in [2.05, 4.69) is 170 Å². The molecule has 3 nitrogen and oxygen atoms in total. The van der Waals surface area contributed by atoms with Crippen LogP contribution < -0.4 is 4.90 Å². The van der Waals surface area contributed by atoms with Crippen LogP contribution in [0.15, 0.2) is 152 Å². The largest absolute Gasteiger partial charge is 0.279 e. The standard InChI is InChI=1S/C45H31N3S/c1-45(2)38-18-10-8-16-33(38)34-23-21-32(27-39(34)45)48(31-14-4-3-5-15-31)44-46-40-19-11-9-17-36(40)43(47-44)30-20-22-35-37-24-28-12-6-7-13-29(28)25-42(37)49-41(35)26-30/h3-27H,1-2H3. The van der Waals surface area contributed by atoms with Gasteiger partial charge in [0.1, 0.15) is 0 Å². The van der Waals surface area contributed by atoms with Crippen LogP contribution in [-0.2, 0) is 5.41 Å². The summed E-state index contributed by atoms with van der Waals surface area (Å²) in [6.45, 7) is 4.65. The first-order valence-corrected chi connectivity index (χ1v) is 17.6. The number of aromatic nitrogens is 2. The van der Waals surface area contributed by atoms with Crippen LogP contribution in [0.1, 0.15) is 25.0 Å². The van der Waals surface area contributed by atoms with Crippen molar-refractivity contribution in [2.45, 2.75) is 19.3 Å². The lowest BCUT2D eigenvalue weighted by molar-refractivity contribution is 0.660. The van der Waals surface area contributed by atoms with Gasteiger partial charge in [0, 0.05) is 47.9 Å². The highest BCUT2D eigenvalue weighted by atomic mass is 32.1. The molecule has 7 aromatic carbocycles. The molecule has 1 aliphatic rings. The van der Waals surface area contributed by atoms with Crippen LogP contribution >= 0.6 is 11.3 Å². The second-order valence-corrected chi connectivity index (χ2v) is 14.6. The van der Waals surface area contributed by atoms with Crippen LogP contribution in [0.2, 0.25) is 0 Å². The van der Waals surface area contributed by atoms with Gasteiger partial charge >= 0.3 is 0 Å². The van der Waals surface area contributed by atoms with Gasteiger partial charge in [0.05, 0.1) is 11.2 Å². The summed E-state index contributed by atoms with van der Waals surface area (Å²) in [4.78, 5) is 12.9. The SMILES string of the molecule is CC1(C)c2ccccc2-c2ccc(N(c3ccccc3)c3nc(-c4ccc5c(c4)sc4cc6ccccc6cc45)c4ccccc4n3)cc21. The second kappa shape index (κ2) is 10.6. The lowest BCUT2D eigenvalue weighted by Gasteiger charge is -2.27. The number of hydrogen-bond donors (Lipinski definition) is 0. The van der Waals surface area contributed by atoms with E-state index in [1.165, 1.54) is 53.2 Å². The smallest absolute Gasteiger partial charge is 0.235 e.